The third-order valence-corrected chi connectivity index (χ3v) is 3.52. The predicted molar refractivity (Wildman–Crippen MR) is 72.0 cm³/mol. The molecule has 0 radical (unpaired) electrons. The maximum Gasteiger partial charge on any atom is 0.425 e. The van der Waals surface area contributed by atoms with Gasteiger partial charge in [-0.3, -0.25) is 0 Å². The first-order valence-electron chi connectivity index (χ1n) is 5.57. The first-order chi connectivity index (χ1) is 9.26. The Bertz CT molecular complexity index is 611. The van der Waals surface area contributed by atoms with Crippen LogP contribution < -0.4 is 0 Å². The first kappa shape index (κ1) is 15.2. The van der Waals surface area contributed by atoms with Crippen molar-refractivity contribution in [3.8, 4) is 0 Å². The van der Waals surface area contributed by atoms with E-state index in [2.05, 4.69) is 0 Å². The lowest BCUT2D eigenvalue weighted by atomic mass is 9.85. The highest BCUT2D eigenvalue weighted by Gasteiger charge is 2.57. The molecule has 0 aliphatic carbocycles. The number of hydrogen-bond donors (Lipinski definition) is 1. The summed E-state index contributed by atoms with van der Waals surface area (Å²) in [5, 5.41) is 10.4. The van der Waals surface area contributed by atoms with E-state index in [0.29, 0.717) is 0 Å². The Balaban J connectivity index is 2.70. The molecular weight excluding hydrogens is 312 g/mol. The Hall–Kier alpha value is -1.23. The predicted octanol–water partition coefficient (Wildman–Crippen LogP) is 4.79. The summed E-state index contributed by atoms with van der Waals surface area (Å²) in [5.74, 6) is 0. The number of benzene rings is 2. The molecule has 0 saturated heterocycles. The molecule has 0 saturated carbocycles. The summed E-state index contributed by atoms with van der Waals surface area (Å²) in [7, 11) is 0. The molecule has 0 aliphatic rings. The van der Waals surface area contributed by atoms with Gasteiger partial charge < -0.3 is 5.11 Å². The van der Waals surface area contributed by atoms with Gasteiger partial charge in [-0.2, -0.15) is 13.2 Å². The van der Waals surface area contributed by atoms with Crippen molar-refractivity contribution in [3.05, 3.63) is 69.7 Å². The summed E-state index contributed by atoms with van der Waals surface area (Å²) < 4.78 is 40.2. The van der Waals surface area contributed by atoms with Crippen LogP contribution >= 0.6 is 23.2 Å². The zero-order valence-corrected chi connectivity index (χ0v) is 11.5. The highest BCUT2D eigenvalue weighted by atomic mass is 35.5. The minimum atomic E-state index is -4.92. The minimum absolute atomic E-state index is 0.165. The number of hydrogen-bond acceptors (Lipinski definition) is 1. The Labute approximate surface area is 123 Å². The zero-order chi connectivity index (χ0) is 15.0. The van der Waals surface area contributed by atoms with Crippen LogP contribution in [-0.4, -0.2) is 11.3 Å². The summed E-state index contributed by atoms with van der Waals surface area (Å²) in [6, 6.07) is 10.1. The molecule has 6 heteroatoms. The van der Waals surface area contributed by atoms with Crippen LogP contribution in [0.1, 0.15) is 11.1 Å². The molecule has 0 amide bonds. The fraction of sp³-hybridized carbons (Fsp3) is 0.143. The van der Waals surface area contributed by atoms with Gasteiger partial charge in [-0.25, -0.2) is 0 Å². The second kappa shape index (κ2) is 5.28. The van der Waals surface area contributed by atoms with E-state index in [1.54, 1.807) is 0 Å². The Kier molecular flexibility index (Phi) is 4.00. The van der Waals surface area contributed by atoms with Crippen molar-refractivity contribution < 1.29 is 18.3 Å². The maximum absolute atomic E-state index is 13.4. The average Bonchev–Trinajstić information content (AvgIpc) is 2.38. The van der Waals surface area contributed by atoms with Gasteiger partial charge in [0.15, 0.2) is 0 Å². The average molecular weight is 321 g/mol. The third kappa shape index (κ3) is 2.51. The lowest BCUT2D eigenvalue weighted by Gasteiger charge is -2.32. The summed E-state index contributed by atoms with van der Waals surface area (Å²) in [6.45, 7) is 0. The molecule has 0 aromatic heterocycles. The smallest absolute Gasteiger partial charge is 0.372 e. The number of halogens is 5. The van der Waals surface area contributed by atoms with Crippen LogP contribution in [0.5, 0.6) is 0 Å². The van der Waals surface area contributed by atoms with Crippen molar-refractivity contribution in [2.75, 3.05) is 0 Å². The normalized spacial score (nSPS) is 14.9. The molecule has 2 rings (SSSR count). The number of aliphatic hydroxyl groups is 1. The van der Waals surface area contributed by atoms with E-state index >= 15 is 0 Å². The quantitative estimate of drug-likeness (QED) is 0.843. The maximum atomic E-state index is 13.4. The second-order valence-corrected chi connectivity index (χ2v) is 5.04. The van der Waals surface area contributed by atoms with Crippen molar-refractivity contribution in [1.82, 2.24) is 0 Å². The SMILES string of the molecule is OC(c1ccc(Cl)cc1)(c1ccccc1Cl)C(F)(F)F. The van der Waals surface area contributed by atoms with Crippen molar-refractivity contribution in [2.24, 2.45) is 0 Å². The largest absolute Gasteiger partial charge is 0.425 e. The van der Waals surface area contributed by atoms with Gasteiger partial charge in [-0.1, -0.05) is 53.5 Å². The van der Waals surface area contributed by atoms with Gasteiger partial charge in [0.25, 0.3) is 0 Å². The topological polar surface area (TPSA) is 20.2 Å². The Morgan fingerprint density at radius 1 is 0.850 bits per heavy atom. The van der Waals surface area contributed by atoms with E-state index in [1.165, 1.54) is 30.3 Å². The molecule has 0 spiro atoms. The van der Waals surface area contributed by atoms with Crippen molar-refractivity contribution in [2.45, 2.75) is 11.8 Å². The van der Waals surface area contributed by atoms with E-state index in [1.807, 2.05) is 0 Å². The van der Waals surface area contributed by atoms with Crippen LogP contribution in [0.4, 0.5) is 13.2 Å². The molecule has 1 N–H and O–H groups in total. The molecule has 0 heterocycles. The summed E-state index contributed by atoms with van der Waals surface area (Å²) in [6.07, 6.45) is -4.92. The zero-order valence-electron chi connectivity index (χ0n) is 9.96. The number of alkyl halides is 3. The molecule has 1 unspecified atom stereocenters. The van der Waals surface area contributed by atoms with E-state index in [0.717, 1.165) is 18.2 Å². The summed E-state index contributed by atoms with van der Waals surface area (Å²) in [4.78, 5) is 0. The highest BCUT2D eigenvalue weighted by molar-refractivity contribution is 6.31. The van der Waals surface area contributed by atoms with Crippen LogP contribution in [-0.2, 0) is 5.60 Å². The van der Waals surface area contributed by atoms with Gasteiger partial charge in [0.1, 0.15) is 0 Å². The van der Waals surface area contributed by atoms with Crippen LogP contribution in [0.3, 0.4) is 0 Å². The van der Waals surface area contributed by atoms with E-state index < -0.39 is 17.3 Å². The number of rotatable bonds is 2. The van der Waals surface area contributed by atoms with Crippen molar-refractivity contribution in [3.63, 3.8) is 0 Å². The lowest BCUT2D eigenvalue weighted by molar-refractivity contribution is -0.248. The van der Waals surface area contributed by atoms with E-state index in [-0.39, 0.29) is 15.6 Å². The molecule has 0 aliphatic heterocycles. The molecule has 1 atom stereocenters. The Morgan fingerprint density at radius 2 is 1.40 bits per heavy atom. The van der Waals surface area contributed by atoms with Crippen LogP contribution in [0.2, 0.25) is 10.0 Å². The molecule has 0 fully saturated rings. The summed E-state index contributed by atoms with van der Waals surface area (Å²) in [5.41, 5.74) is -3.95. The van der Waals surface area contributed by atoms with Gasteiger partial charge in [0.05, 0.1) is 0 Å². The van der Waals surface area contributed by atoms with Gasteiger partial charge in [0.2, 0.25) is 5.60 Å². The fourth-order valence-corrected chi connectivity index (χ4v) is 2.32. The second-order valence-electron chi connectivity index (χ2n) is 4.19. The third-order valence-electron chi connectivity index (χ3n) is 2.94. The minimum Gasteiger partial charge on any atom is -0.372 e. The van der Waals surface area contributed by atoms with E-state index in [4.69, 9.17) is 23.2 Å². The molecule has 2 aromatic rings. The van der Waals surface area contributed by atoms with Crippen molar-refractivity contribution in [1.29, 1.82) is 0 Å². The molecule has 20 heavy (non-hydrogen) atoms. The van der Waals surface area contributed by atoms with Gasteiger partial charge in [-0.05, 0) is 23.8 Å². The molecule has 1 nitrogen and oxygen atoms in total. The lowest BCUT2D eigenvalue weighted by Crippen LogP contribution is -2.43. The first-order valence-corrected chi connectivity index (χ1v) is 6.32. The van der Waals surface area contributed by atoms with E-state index in [9.17, 15) is 18.3 Å². The highest BCUT2D eigenvalue weighted by Crippen LogP contribution is 2.46. The molecule has 2 aromatic carbocycles. The Morgan fingerprint density at radius 3 is 1.90 bits per heavy atom. The van der Waals surface area contributed by atoms with Crippen LogP contribution in [0.25, 0.3) is 0 Å². The van der Waals surface area contributed by atoms with Crippen LogP contribution in [0.15, 0.2) is 48.5 Å². The summed E-state index contributed by atoms with van der Waals surface area (Å²) >= 11 is 11.5. The van der Waals surface area contributed by atoms with Gasteiger partial charge >= 0.3 is 6.18 Å². The van der Waals surface area contributed by atoms with Gasteiger partial charge in [-0.15, -0.1) is 0 Å². The molecule has 0 bridgehead atoms. The fourth-order valence-electron chi connectivity index (χ4n) is 1.92. The standard InChI is InChI=1S/C14H9Cl2F3O/c15-10-7-5-9(6-8-10)13(20,14(17,18)19)11-3-1-2-4-12(11)16/h1-8,20H. The molecular formula is C14H9Cl2F3O. The molecule has 106 valence electrons. The van der Waals surface area contributed by atoms with Gasteiger partial charge in [0, 0.05) is 15.6 Å². The van der Waals surface area contributed by atoms with Crippen LogP contribution in [0, 0.1) is 0 Å². The van der Waals surface area contributed by atoms with Crippen molar-refractivity contribution >= 4 is 23.2 Å². The monoisotopic (exact) mass is 320 g/mol.